The van der Waals surface area contributed by atoms with Crippen molar-refractivity contribution in [3.05, 3.63) is 0 Å². The molecule has 0 saturated carbocycles. The molecule has 0 aromatic carbocycles. The van der Waals surface area contributed by atoms with Crippen molar-refractivity contribution < 1.29 is 25.0 Å². The van der Waals surface area contributed by atoms with Crippen molar-refractivity contribution in [3.8, 4) is 0 Å². The molecule has 6 heteroatoms. The van der Waals surface area contributed by atoms with Gasteiger partial charge in [0, 0.05) is 12.8 Å². The number of rotatable bonds is 8. The maximum Gasteiger partial charge on any atom is 0.344 e. The predicted molar refractivity (Wildman–Crippen MR) is 49.0 cm³/mol. The third-order valence-corrected chi connectivity index (χ3v) is 1.43. The second-order valence-electron chi connectivity index (χ2n) is 2.70. The van der Waals surface area contributed by atoms with Crippen LogP contribution < -0.4 is 0 Å². The molecule has 0 fully saturated rings. The maximum absolute atomic E-state index is 9.96. The summed E-state index contributed by atoms with van der Waals surface area (Å²) in [7, 11) is 0. The summed E-state index contributed by atoms with van der Waals surface area (Å²) >= 11 is 0. The minimum absolute atomic E-state index is 0.0478. The van der Waals surface area contributed by atoms with Crippen molar-refractivity contribution in [1.82, 2.24) is 0 Å². The van der Waals surface area contributed by atoms with Crippen molar-refractivity contribution in [2.24, 2.45) is 5.16 Å². The molecular weight excluding hydrogens is 190 g/mol. The topological polar surface area (TPSA) is 99.4 Å². The van der Waals surface area contributed by atoms with Gasteiger partial charge in [-0.2, -0.15) is 0 Å². The number of oxime groups is 1. The molecule has 0 radical (unpaired) electrons. The van der Waals surface area contributed by atoms with Crippen molar-refractivity contribution in [1.29, 1.82) is 0 Å². The van der Waals surface area contributed by atoms with Crippen LogP contribution in [0.3, 0.4) is 0 Å². The third-order valence-electron chi connectivity index (χ3n) is 1.43. The Morgan fingerprint density at radius 1 is 1.50 bits per heavy atom. The van der Waals surface area contributed by atoms with E-state index in [1.165, 1.54) is 6.21 Å². The summed E-state index contributed by atoms with van der Waals surface area (Å²) in [5.41, 5.74) is 0. The van der Waals surface area contributed by atoms with Crippen LogP contribution >= 0.6 is 0 Å². The van der Waals surface area contributed by atoms with Gasteiger partial charge in [-0.05, 0) is 19.3 Å². The lowest BCUT2D eigenvalue weighted by molar-refractivity contribution is -0.142. The fourth-order valence-corrected chi connectivity index (χ4v) is 0.758. The summed E-state index contributed by atoms with van der Waals surface area (Å²) in [6.45, 7) is -0.510. The molecule has 0 aromatic rings. The van der Waals surface area contributed by atoms with E-state index >= 15 is 0 Å². The molecular formula is C8H15NO5. The fourth-order valence-electron chi connectivity index (χ4n) is 0.758. The first-order chi connectivity index (χ1) is 6.66. The molecule has 0 rings (SSSR count). The summed E-state index contributed by atoms with van der Waals surface area (Å²) in [5, 5.41) is 29.1. The van der Waals surface area contributed by atoms with Crippen molar-refractivity contribution >= 4 is 12.2 Å². The van der Waals surface area contributed by atoms with E-state index < -0.39 is 18.7 Å². The molecule has 0 bridgehead atoms. The van der Waals surface area contributed by atoms with E-state index in [0.717, 1.165) is 0 Å². The van der Waals surface area contributed by atoms with Gasteiger partial charge in [-0.25, -0.2) is 4.79 Å². The zero-order valence-corrected chi connectivity index (χ0v) is 7.80. The van der Waals surface area contributed by atoms with E-state index in [1.54, 1.807) is 0 Å². The predicted octanol–water partition coefficient (Wildman–Crippen LogP) is -0.403. The van der Waals surface area contributed by atoms with Crippen LogP contribution in [-0.4, -0.2) is 46.8 Å². The Balaban J connectivity index is 3.30. The van der Waals surface area contributed by atoms with Gasteiger partial charge in [0.25, 0.3) is 0 Å². The number of nitrogens with zero attached hydrogens (tertiary/aromatic N) is 1. The number of hydrogen-bond acceptors (Lipinski definition) is 5. The first-order valence-corrected chi connectivity index (χ1v) is 4.31. The lowest BCUT2D eigenvalue weighted by Gasteiger charge is -2.04. The SMILES string of the molecule is O=C(O)CO/N=C/CCC(O)CCO. The molecule has 6 nitrogen and oxygen atoms in total. The van der Waals surface area contributed by atoms with Gasteiger partial charge in [-0.3, -0.25) is 0 Å². The number of aliphatic carboxylic acids is 1. The molecule has 0 spiro atoms. The standard InChI is InChI=1S/C8H15NO5/c10-5-3-7(11)2-1-4-9-14-6-8(12)13/h4,7,10-11H,1-3,5-6H2,(H,12,13)/b9-4+. The maximum atomic E-state index is 9.96. The second-order valence-corrected chi connectivity index (χ2v) is 2.70. The van der Waals surface area contributed by atoms with Gasteiger partial charge >= 0.3 is 5.97 Å². The van der Waals surface area contributed by atoms with Crippen LogP contribution in [-0.2, 0) is 9.63 Å². The Hall–Kier alpha value is -1.14. The Kier molecular flexibility index (Phi) is 7.77. The quantitative estimate of drug-likeness (QED) is 0.370. The highest BCUT2D eigenvalue weighted by atomic mass is 16.6. The van der Waals surface area contributed by atoms with Gasteiger partial charge in [0.15, 0.2) is 0 Å². The van der Waals surface area contributed by atoms with E-state index in [-0.39, 0.29) is 6.61 Å². The number of carbonyl (C=O) groups is 1. The zero-order valence-electron chi connectivity index (χ0n) is 7.80. The number of carboxylic acids is 1. The highest BCUT2D eigenvalue weighted by Gasteiger charge is 2.00. The smallest absolute Gasteiger partial charge is 0.344 e. The lowest BCUT2D eigenvalue weighted by atomic mass is 10.1. The molecule has 1 unspecified atom stereocenters. The fraction of sp³-hybridized carbons (Fsp3) is 0.750. The van der Waals surface area contributed by atoms with Gasteiger partial charge < -0.3 is 20.2 Å². The van der Waals surface area contributed by atoms with Crippen LogP contribution in [0.1, 0.15) is 19.3 Å². The van der Waals surface area contributed by atoms with Crippen molar-refractivity contribution in [3.63, 3.8) is 0 Å². The molecule has 0 aliphatic rings. The largest absolute Gasteiger partial charge is 0.479 e. The molecule has 0 heterocycles. The summed E-state index contributed by atoms with van der Waals surface area (Å²) in [6.07, 6.45) is 2.14. The Bertz CT molecular complexity index is 183. The Labute approximate surface area is 81.8 Å². The Morgan fingerprint density at radius 2 is 2.21 bits per heavy atom. The molecule has 0 saturated heterocycles. The molecule has 0 aliphatic carbocycles. The average Bonchev–Trinajstić information content (AvgIpc) is 2.11. The first-order valence-electron chi connectivity index (χ1n) is 4.31. The van der Waals surface area contributed by atoms with Crippen LogP contribution in [0.2, 0.25) is 0 Å². The molecule has 0 aromatic heterocycles. The van der Waals surface area contributed by atoms with Gasteiger partial charge in [-0.15, -0.1) is 0 Å². The molecule has 82 valence electrons. The average molecular weight is 205 g/mol. The number of aliphatic hydroxyl groups is 2. The van der Waals surface area contributed by atoms with E-state index in [4.69, 9.17) is 15.3 Å². The lowest BCUT2D eigenvalue weighted by Crippen LogP contribution is -2.08. The van der Waals surface area contributed by atoms with E-state index in [0.29, 0.717) is 19.3 Å². The van der Waals surface area contributed by atoms with Crippen LogP contribution in [0.15, 0.2) is 5.16 Å². The molecule has 1 atom stereocenters. The second kappa shape index (κ2) is 8.46. The van der Waals surface area contributed by atoms with E-state index in [9.17, 15) is 4.79 Å². The summed E-state index contributed by atoms with van der Waals surface area (Å²) < 4.78 is 0. The van der Waals surface area contributed by atoms with Crippen LogP contribution in [0.4, 0.5) is 0 Å². The number of carboxylic acid groups (broad SMARTS) is 1. The van der Waals surface area contributed by atoms with E-state index in [1.807, 2.05) is 0 Å². The molecule has 3 N–H and O–H groups in total. The summed E-state index contributed by atoms with van der Waals surface area (Å²) in [4.78, 5) is 14.3. The van der Waals surface area contributed by atoms with Crippen LogP contribution in [0.25, 0.3) is 0 Å². The van der Waals surface area contributed by atoms with Gasteiger partial charge in [-0.1, -0.05) is 5.16 Å². The minimum atomic E-state index is -1.08. The number of hydrogen-bond donors (Lipinski definition) is 3. The highest BCUT2D eigenvalue weighted by Crippen LogP contribution is 1.98. The van der Waals surface area contributed by atoms with Gasteiger partial charge in [0.1, 0.15) is 0 Å². The first kappa shape index (κ1) is 12.9. The van der Waals surface area contributed by atoms with Crippen LogP contribution in [0, 0.1) is 0 Å². The zero-order chi connectivity index (χ0) is 10.8. The summed E-state index contributed by atoms with van der Waals surface area (Å²) in [6, 6.07) is 0. The molecule has 14 heavy (non-hydrogen) atoms. The molecule has 0 aliphatic heterocycles. The van der Waals surface area contributed by atoms with Gasteiger partial charge in [0.05, 0.1) is 6.10 Å². The van der Waals surface area contributed by atoms with E-state index in [2.05, 4.69) is 9.99 Å². The minimum Gasteiger partial charge on any atom is -0.479 e. The normalized spacial score (nSPS) is 13.0. The highest BCUT2D eigenvalue weighted by molar-refractivity contribution is 5.68. The third kappa shape index (κ3) is 8.95. The number of aliphatic hydroxyl groups excluding tert-OH is 2. The summed E-state index contributed by atoms with van der Waals surface area (Å²) in [5.74, 6) is -1.08. The van der Waals surface area contributed by atoms with Crippen LogP contribution in [0.5, 0.6) is 0 Å². The monoisotopic (exact) mass is 205 g/mol. The molecule has 0 amide bonds. The van der Waals surface area contributed by atoms with Crippen molar-refractivity contribution in [2.75, 3.05) is 13.2 Å². The Morgan fingerprint density at radius 3 is 2.79 bits per heavy atom. The van der Waals surface area contributed by atoms with Crippen molar-refractivity contribution in [2.45, 2.75) is 25.4 Å². The van der Waals surface area contributed by atoms with Gasteiger partial charge in [0.2, 0.25) is 6.61 Å².